The van der Waals surface area contributed by atoms with Crippen molar-refractivity contribution in [3.8, 4) is 0 Å². The zero-order valence-electron chi connectivity index (χ0n) is 18.2. The van der Waals surface area contributed by atoms with Crippen LogP contribution in [0.3, 0.4) is 0 Å². The van der Waals surface area contributed by atoms with E-state index in [2.05, 4.69) is 126 Å². The summed E-state index contributed by atoms with van der Waals surface area (Å²) < 4.78 is 0. The molecule has 1 unspecified atom stereocenters. The highest BCUT2D eigenvalue weighted by atomic mass is 28.3. The van der Waals surface area contributed by atoms with Gasteiger partial charge in [0.15, 0.2) is 8.07 Å². The molecule has 0 heterocycles. The Hall–Kier alpha value is -2.64. The van der Waals surface area contributed by atoms with Crippen LogP contribution >= 0.6 is 0 Å². The standard InChI is InChI=1S/C28H30Si/c1-21-16-18-27(19-17-21)29(25-12-8-6-9-13-25,26-14-10-7-11-15-26)28(5)20-22(2)23(3)24(28)4/h6-20H,1-5H3. The average Bonchev–Trinajstić information content (AvgIpc) is 2.95. The number of hydrogen-bond acceptors (Lipinski definition) is 0. The monoisotopic (exact) mass is 394 g/mol. The minimum Gasteiger partial charge on any atom is -0.0730 e. The third-order valence-corrected chi connectivity index (χ3v) is 12.8. The molecule has 0 bridgehead atoms. The van der Waals surface area contributed by atoms with Gasteiger partial charge >= 0.3 is 0 Å². The first-order valence-electron chi connectivity index (χ1n) is 10.5. The van der Waals surface area contributed by atoms with Crippen LogP contribution in [0, 0.1) is 6.92 Å². The molecule has 0 nitrogen and oxygen atoms in total. The van der Waals surface area contributed by atoms with Gasteiger partial charge in [0.1, 0.15) is 0 Å². The van der Waals surface area contributed by atoms with Crippen molar-refractivity contribution in [2.24, 2.45) is 0 Å². The summed E-state index contributed by atoms with van der Waals surface area (Å²) in [5.74, 6) is 0. The van der Waals surface area contributed by atoms with E-state index in [9.17, 15) is 0 Å². The Morgan fingerprint density at radius 3 is 1.45 bits per heavy atom. The van der Waals surface area contributed by atoms with E-state index in [0.29, 0.717) is 0 Å². The van der Waals surface area contributed by atoms with E-state index in [-0.39, 0.29) is 5.04 Å². The number of benzene rings is 3. The van der Waals surface area contributed by atoms with E-state index in [1.807, 2.05) is 0 Å². The molecule has 0 N–H and O–H groups in total. The molecule has 0 saturated carbocycles. The summed E-state index contributed by atoms with van der Waals surface area (Å²) in [6.45, 7) is 11.6. The van der Waals surface area contributed by atoms with Gasteiger partial charge in [0, 0.05) is 5.04 Å². The second kappa shape index (κ2) is 7.31. The molecule has 0 aliphatic heterocycles. The number of aryl methyl sites for hydroxylation is 1. The maximum absolute atomic E-state index is 2.56. The molecular weight excluding hydrogens is 364 g/mol. The lowest BCUT2D eigenvalue weighted by Gasteiger charge is -2.47. The first-order chi connectivity index (χ1) is 13.9. The summed E-state index contributed by atoms with van der Waals surface area (Å²) in [5.41, 5.74) is 5.68. The third kappa shape index (κ3) is 2.88. The zero-order valence-corrected chi connectivity index (χ0v) is 19.2. The molecule has 146 valence electrons. The molecule has 0 fully saturated rings. The number of allylic oxidation sites excluding steroid dienone is 4. The van der Waals surface area contributed by atoms with Gasteiger partial charge in [-0.1, -0.05) is 115 Å². The Bertz CT molecular complexity index is 1030. The van der Waals surface area contributed by atoms with Crippen LogP contribution in [0.4, 0.5) is 0 Å². The molecule has 1 aliphatic rings. The number of rotatable bonds is 4. The van der Waals surface area contributed by atoms with Crippen molar-refractivity contribution in [2.75, 3.05) is 0 Å². The van der Waals surface area contributed by atoms with Crippen molar-refractivity contribution in [1.82, 2.24) is 0 Å². The van der Waals surface area contributed by atoms with Gasteiger partial charge in [-0.3, -0.25) is 0 Å². The lowest BCUT2D eigenvalue weighted by atomic mass is 10.0. The fourth-order valence-electron chi connectivity index (χ4n) is 5.30. The molecule has 1 heteroatoms. The Kier molecular flexibility index (Phi) is 4.96. The van der Waals surface area contributed by atoms with Gasteiger partial charge in [-0.2, -0.15) is 0 Å². The molecule has 4 rings (SSSR count). The molecule has 1 atom stereocenters. The predicted molar refractivity (Wildman–Crippen MR) is 129 cm³/mol. The smallest absolute Gasteiger partial charge is 0.0730 e. The van der Waals surface area contributed by atoms with Crippen LogP contribution in [0.1, 0.15) is 33.3 Å². The lowest BCUT2D eigenvalue weighted by molar-refractivity contribution is 0.870. The summed E-state index contributed by atoms with van der Waals surface area (Å²) in [4.78, 5) is 0. The Morgan fingerprint density at radius 1 is 0.586 bits per heavy atom. The van der Waals surface area contributed by atoms with E-state index < -0.39 is 8.07 Å². The minimum atomic E-state index is -2.42. The first-order valence-corrected chi connectivity index (χ1v) is 12.5. The molecule has 1 aliphatic carbocycles. The summed E-state index contributed by atoms with van der Waals surface area (Å²) in [5, 5.41) is 4.38. The van der Waals surface area contributed by atoms with Gasteiger partial charge in [0.25, 0.3) is 0 Å². The second-order valence-electron chi connectivity index (χ2n) is 8.63. The predicted octanol–water partition coefficient (Wildman–Crippen LogP) is 5.52. The van der Waals surface area contributed by atoms with Gasteiger partial charge < -0.3 is 0 Å². The van der Waals surface area contributed by atoms with Crippen molar-refractivity contribution < 1.29 is 0 Å². The van der Waals surface area contributed by atoms with E-state index in [0.717, 1.165) is 0 Å². The minimum absolute atomic E-state index is 0.0286. The van der Waals surface area contributed by atoms with Crippen LogP contribution in [-0.2, 0) is 0 Å². The maximum atomic E-state index is 2.56. The summed E-state index contributed by atoms with van der Waals surface area (Å²) in [6, 6.07) is 31.8. The highest BCUT2D eigenvalue weighted by Crippen LogP contribution is 2.52. The topological polar surface area (TPSA) is 0 Å². The van der Waals surface area contributed by atoms with Crippen LogP contribution in [-0.4, -0.2) is 8.07 Å². The van der Waals surface area contributed by atoms with Crippen LogP contribution < -0.4 is 15.6 Å². The molecule has 0 aromatic heterocycles. The molecule has 3 aromatic rings. The highest BCUT2D eigenvalue weighted by Gasteiger charge is 2.55. The Morgan fingerprint density at radius 2 is 1.03 bits per heavy atom. The van der Waals surface area contributed by atoms with Crippen molar-refractivity contribution in [2.45, 2.75) is 39.7 Å². The van der Waals surface area contributed by atoms with E-state index >= 15 is 0 Å². The summed E-state index contributed by atoms with van der Waals surface area (Å²) >= 11 is 0. The zero-order chi connectivity index (χ0) is 20.6. The Labute approximate surface area is 176 Å². The summed E-state index contributed by atoms with van der Waals surface area (Å²) in [7, 11) is -2.42. The largest absolute Gasteiger partial charge is 0.161 e. The van der Waals surface area contributed by atoms with Gasteiger partial charge in [0.05, 0.1) is 0 Å². The third-order valence-electron chi connectivity index (χ3n) is 7.12. The fraction of sp³-hybridized carbons (Fsp3) is 0.214. The maximum Gasteiger partial charge on any atom is 0.161 e. The molecule has 0 saturated heterocycles. The summed E-state index contributed by atoms with van der Waals surface area (Å²) in [6.07, 6.45) is 2.56. The van der Waals surface area contributed by atoms with Crippen LogP contribution in [0.25, 0.3) is 0 Å². The van der Waals surface area contributed by atoms with Crippen molar-refractivity contribution >= 4 is 23.6 Å². The van der Waals surface area contributed by atoms with Crippen LogP contribution in [0.5, 0.6) is 0 Å². The first kappa shape index (κ1) is 19.7. The molecule has 3 aromatic carbocycles. The van der Waals surface area contributed by atoms with Crippen molar-refractivity contribution in [1.29, 1.82) is 0 Å². The van der Waals surface area contributed by atoms with Crippen LogP contribution in [0.15, 0.2) is 108 Å². The van der Waals surface area contributed by atoms with Gasteiger partial charge in [-0.15, -0.1) is 0 Å². The SMILES string of the molecule is CC1=CC(C)([Si](c2ccccc2)(c2ccccc2)c2ccc(C)cc2)C(C)=C1C. The van der Waals surface area contributed by atoms with E-state index in [4.69, 9.17) is 0 Å². The number of hydrogen-bond donors (Lipinski definition) is 0. The van der Waals surface area contributed by atoms with E-state index in [1.54, 1.807) is 0 Å². The van der Waals surface area contributed by atoms with Crippen LogP contribution in [0.2, 0.25) is 5.04 Å². The van der Waals surface area contributed by atoms with E-state index in [1.165, 1.54) is 37.8 Å². The lowest BCUT2D eigenvalue weighted by Crippen LogP contribution is -2.73. The van der Waals surface area contributed by atoms with Gasteiger partial charge in [0.2, 0.25) is 0 Å². The quantitative estimate of drug-likeness (QED) is 0.404. The normalized spacial score (nSPS) is 19.4. The average molecular weight is 395 g/mol. The molecule has 29 heavy (non-hydrogen) atoms. The highest BCUT2D eigenvalue weighted by molar-refractivity contribution is 7.14. The molecular formula is C28H30Si. The molecule has 0 spiro atoms. The molecule has 0 radical (unpaired) electrons. The van der Waals surface area contributed by atoms with Crippen molar-refractivity contribution in [3.63, 3.8) is 0 Å². The van der Waals surface area contributed by atoms with Gasteiger partial charge in [-0.05, 0) is 48.8 Å². The molecule has 0 amide bonds. The fourth-order valence-corrected chi connectivity index (χ4v) is 11.3. The Balaban J connectivity index is 2.18. The van der Waals surface area contributed by atoms with Gasteiger partial charge in [-0.25, -0.2) is 0 Å². The van der Waals surface area contributed by atoms with Crippen molar-refractivity contribution in [3.05, 3.63) is 113 Å². The second-order valence-corrected chi connectivity index (χ2v) is 12.9.